The first-order valence-electron chi connectivity index (χ1n) is 13.9. The minimum Gasteiger partial charge on any atom is -0.406 e. The molecule has 3 amide bonds. The number of aliphatic imine (C=N–C) groups is 1. The van der Waals surface area contributed by atoms with Crippen molar-refractivity contribution in [2.24, 2.45) is 4.99 Å². The number of nitrogens with zero attached hydrogens (tertiary/aromatic N) is 5. The van der Waals surface area contributed by atoms with Gasteiger partial charge >= 0.3 is 12.4 Å². The Morgan fingerprint density at radius 1 is 1.11 bits per heavy atom. The highest BCUT2D eigenvalue weighted by Crippen LogP contribution is 2.36. The number of rotatable bonds is 8. The smallest absolute Gasteiger partial charge is 0.406 e. The Morgan fingerprint density at radius 2 is 1.82 bits per heavy atom. The summed E-state index contributed by atoms with van der Waals surface area (Å²) in [4.78, 5) is 35.5. The van der Waals surface area contributed by atoms with E-state index in [2.05, 4.69) is 25.1 Å². The van der Waals surface area contributed by atoms with Crippen LogP contribution in [0.3, 0.4) is 0 Å². The summed E-state index contributed by atoms with van der Waals surface area (Å²) in [5.41, 5.74) is 4.60. The molecule has 0 spiro atoms. The number of aromatic nitrogens is 3. The molecule has 5 rings (SSSR count). The third-order valence-electron chi connectivity index (χ3n) is 7.30. The molecule has 4 aromatic rings. The van der Waals surface area contributed by atoms with Gasteiger partial charge in [0.25, 0.3) is 0 Å². The van der Waals surface area contributed by atoms with Crippen LogP contribution in [-0.4, -0.2) is 50.5 Å². The number of aryl methyl sites for hydroxylation is 1. The van der Waals surface area contributed by atoms with Crippen LogP contribution in [0.4, 0.5) is 23.7 Å². The molecule has 1 atom stereocenters. The van der Waals surface area contributed by atoms with Gasteiger partial charge in [-0.3, -0.25) is 9.69 Å². The van der Waals surface area contributed by atoms with Crippen LogP contribution in [-0.2, 0) is 4.79 Å². The molecule has 0 aliphatic carbocycles. The quantitative estimate of drug-likeness (QED) is 0.212. The fourth-order valence-electron chi connectivity index (χ4n) is 4.77. The second-order valence-corrected chi connectivity index (χ2v) is 11.6. The average Bonchev–Trinajstić information content (AvgIpc) is 3.63. The van der Waals surface area contributed by atoms with Crippen molar-refractivity contribution < 1.29 is 27.5 Å². The fourth-order valence-corrected chi connectivity index (χ4v) is 5.91. The van der Waals surface area contributed by atoms with E-state index >= 15 is 0 Å². The first kappa shape index (κ1) is 32.0. The lowest BCUT2D eigenvalue weighted by Crippen LogP contribution is -2.33. The highest BCUT2D eigenvalue weighted by atomic mass is 35.5. The van der Waals surface area contributed by atoms with E-state index in [1.807, 2.05) is 51.1 Å². The summed E-state index contributed by atoms with van der Waals surface area (Å²) in [6, 6.07) is 16.0. The van der Waals surface area contributed by atoms with Gasteiger partial charge in [-0.25, -0.2) is 14.5 Å². The first-order valence-corrected chi connectivity index (χ1v) is 15.3. The van der Waals surface area contributed by atoms with E-state index in [0.717, 1.165) is 28.7 Å². The number of amides is 3. The number of alkyl halides is 3. The molecule has 0 saturated carbocycles. The van der Waals surface area contributed by atoms with Crippen molar-refractivity contribution in [1.29, 1.82) is 0 Å². The lowest BCUT2D eigenvalue weighted by molar-refractivity contribution is -0.274. The Bertz CT molecular complexity index is 1740. The number of anilines is 1. The topological polar surface area (TPSA) is 102 Å². The van der Waals surface area contributed by atoms with E-state index < -0.39 is 12.4 Å². The van der Waals surface area contributed by atoms with Crippen molar-refractivity contribution in [2.45, 2.75) is 39.5 Å². The number of thioether (sulfide) groups is 1. The van der Waals surface area contributed by atoms with Gasteiger partial charge in [-0.15, -0.1) is 18.3 Å². The number of carbonyl (C=O) groups excluding carboxylic acids is 2. The van der Waals surface area contributed by atoms with Gasteiger partial charge < -0.3 is 10.1 Å². The number of nitrogens with one attached hydrogen (secondary N) is 1. The summed E-state index contributed by atoms with van der Waals surface area (Å²) in [7, 11) is 0. The zero-order chi connectivity index (χ0) is 32.3. The van der Waals surface area contributed by atoms with Crippen LogP contribution in [0, 0.1) is 13.8 Å². The molecule has 234 valence electrons. The first-order chi connectivity index (χ1) is 21.4. The van der Waals surface area contributed by atoms with Crippen LogP contribution in [0.2, 0.25) is 5.02 Å². The van der Waals surface area contributed by atoms with Crippen LogP contribution in [0.25, 0.3) is 17.1 Å². The molecule has 1 N–H and O–H groups in total. The Labute approximate surface area is 266 Å². The van der Waals surface area contributed by atoms with E-state index in [4.69, 9.17) is 11.6 Å². The molecule has 1 saturated heterocycles. The Kier molecular flexibility index (Phi) is 9.49. The van der Waals surface area contributed by atoms with E-state index in [0.29, 0.717) is 28.8 Å². The second-order valence-electron chi connectivity index (χ2n) is 10.2. The van der Waals surface area contributed by atoms with Gasteiger partial charge in [0.15, 0.2) is 11.0 Å². The normalized spacial score (nSPS) is 15.0. The maximum Gasteiger partial charge on any atom is 0.573 e. The van der Waals surface area contributed by atoms with Gasteiger partial charge in [-0.2, -0.15) is 4.99 Å². The highest BCUT2D eigenvalue weighted by molar-refractivity contribution is 8.15. The lowest BCUT2D eigenvalue weighted by atomic mass is 9.95. The average molecular weight is 657 g/mol. The molecule has 2 heterocycles. The number of hydrogen-bond donors (Lipinski definition) is 1. The third kappa shape index (κ3) is 7.48. The van der Waals surface area contributed by atoms with E-state index in [1.54, 1.807) is 6.07 Å². The van der Waals surface area contributed by atoms with E-state index in [1.165, 1.54) is 51.9 Å². The standard InChI is InChI=1S/C31H28ClF3N6O3S/c1-4-20(15-36-29(43)38-30-41(26(42)16-45-30)27-19(3)18(2)5-14-25(27)32)21-6-8-22(9-7-21)28-37-17-40(39-28)23-10-12-24(13-11-23)44-31(33,34)35/h5-14,17,20H,4,15-16H2,1-3H3,(H,36,43). The van der Waals surface area contributed by atoms with Crippen molar-refractivity contribution >= 4 is 46.2 Å². The maximum atomic E-state index is 12.9. The molecule has 1 unspecified atom stereocenters. The van der Waals surface area contributed by atoms with Gasteiger partial charge in [-0.05, 0) is 67.3 Å². The van der Waals surface area contributed by atoms with Crippen molar-refractivity contribution in [2.75, 3.05) is 17.2 Å². The molecule has 45 heavy (non-hydrogen) atoms. The Balaban J connectivity index is 1.23. The Hall–Kier alpha value is -4.36. The van der Waals surface area contributed by atoms with E-state index in [-0.39, 0.29) is 28.5 Å². The summed E-state index contributed by atoms with van der Waals surface area (Å²) >= 11 is 7.63. The van der Waals surface area contributed by atoms with Crippen molar-refractivity contribution in [3.8, 4) is 22.8 Å². The molecule has 9 nitrogen and oxygen atoms in total. The number of benzene rings is 3. The monoisotopic (exact) mass is 656 g/mol. The van der Waals surface area contributed by atoms with Crippen LogP contribution < -0.4 is 15.0 Å². The molecular formula is C31H28ClF3N6O3S. The minimum atomic E-state index is -4.76. The number of hydrogen-bond acceptors (Lipinski definition) is 6. The van der Waals surface area contributed by atoms with Gasteiger partial charge in [0.05, 0.1) is 22.2 Å². The molecular weight excluding hydrogens is 629 g/mol. The highest BCUT2D eigenvalue weighted by Gasteiger charge is 2.33. The zero-order valence-corrected chi connectivity index (χ0v) is 26.0. The number of halogens is 4. The summed E-state index contributed by atoms with van der Waals surface area (Å²) in [5, 5.41) is 7.99. The van der Waals surface area contributed by atoms with Gasteiger partial charge in [-0.1, -0.05) is 60.6 Å². The predicted octanol–water partition coefficient (Wildman–Crippen LogP) is 7.44. The molecule has 3 aromatic carbocycles. The largest absolute Gasteiger partial charge is 0.573 e. The molecule has 1 fully saturated rings. The molecule has 1 aromatic heterocycles. The van der Waals surface area contributed by atoms with Gasteiger partial charge in [0.1, 0.15) is 12.1 Å². The fraction of sp³-hybridized carbons (Fsp3) is 0.258. The van der Waals surface area contributed by atoms with Gasteiger partial charge in [0.2, 0.25) is 5.91 Å². The van der Waals surface area contributed by atoms with Crippen molar-refractivity contribution in [3.05, 3.63) is 88.7 Å². The molecule has 14 heteroatoms. The maximum absolute atomic E-state index is 12.9. The predicted molar refractivity (Wildman–Crippen MR) is 168 cm³/mol. The van der Waals surface area contributed by atoms with Crippen LogP contribution >= 0.6 is 23.4 Å². The van der Waals surface area contributed by atoms with Crippen LogP contribution in [0.1, 0.15) is 36.0 Å². The summed E-state index contributed by atoms with van der Waals surface area (Å²) in [6.45, 7) is 6.15. The number of ether oxygens (including phenoxy) is 1. The minimum absolute atomic E-state index is 0.00595. The van der Waals surface area contributed by atoms with E-state index in [9.17, 15) is 22.8 Å². The Morgan fingerprint density at radius 3 is 2.49 bits per heavy atom. The van der Waals surface area contributed by atoms with Crippen molar-refractivity contribution in [1.82, 2.24) is 20.1 Å². The SMILES string of the molecule is CCC(CNC(=O)N=C1SCC(=O)N1c1c(Cl)ccc(C)c1C)c1ccc(-c2ncn(-c3ccc(OC(F)(F)F)cc3)n2)cc1. The van der Waals surface area contributed by atoms with Crippen LogP contribution in [0.15, 0.2) is 72.0 Å². The summed E-state index contributed by atoms with van der Waals surface area (Å²) in [5.74, 6) is 0.0743. The number of amidine groups is 1. The van der Waals surface area contributed by atoms with Crippen LogP contribution in [0.5, 0.6) is 5.75 Å². The summed E-state index contributed by atoms with van der Waals surface area (Å²) in [6.07, 6.45) is -2.55. The lowest BCUT2D eigenvalue weighted by Gasteiger charge is -2.21. The number of carbonyl (C=O) groups is 2. The molecule has 1 aliphatic rings. The molecule has 0 radical (unpaired) electrons. The molecule has 1 aliphatic heterocycles. The van der Waals surface area contributed by atoms with Crippen molar-refractivity contribution in [3.63, 3.8) is 0 Å². The second kappa shape index (κ2) is 13.3. The number of urea groups is 1. The van der Waals surface area contributed by atoms with Gasteiger partial charge in [0, 0.05) is 18.0 Å². The summed E-state index contributed by atoms with van der Waals surface area (Å²) < 4.78 is 42.7. The zero-order valence-electron chi connectivity index (χ0n) is 24.4. The molecule has 0 bridgehead atoms. The third-order valence-corrected chi connectivity index (χ3v) is 8.53.